The third-order valence-electron chi connectivity index (χ3n) is 3.29. The highest BCUT2D eigenvalue weighted by Gasteiger charge is 2.17. The Morgan fingerprint density at radius 3 is 2.50 bits per heavy atom. The zero-order valence-electron chi connectivity index (χ0n) is 11.8. The van der Waals surface area contributed by atoms with Crippen LogP contribution < -0.4 is 5.32 Å². The zero-order valence-corrected chi connectivity index (χ0v) is 11.8. The molecular formula is C13H27N3O2. The second-order valence-electron chi connectivity index (χ2n) is 4.81. The number of unbranched alkanes of at least 4 members (excludes halogenated alkanes) is 1. The molecule has 5 nitrogen and oxygen atoms in total. The number of piperazine rings is 1. The summed E-state index contributed by atoms with van der Waals surface area (Å²) in [5.74, 6) is 0.106. The lowest BCUT2D eigenvalue weighted by molar-refractivity contribution is -0.122. The van der Waals surface area contributed by atoms with Crippen molar-refractivity contribution in [3.05, 3.63) is 0 Å². The van der Waals surface area contributed by atoms with E-state index in [-0.39, 0.29) is 5.91 Å². The van der Waals surface area contributed by atoms with Crippen LogP contribution in [0.1, 0.15) is 19.8 Å². The molecule has 1 fully saturated rings. The van der Waals surface area contributed by atoms with Crippen molar-refractivity contribution < 1.29 is 9.53 Å². The normalized spacial score (nSPS) is 17.9. The number of rotatable bonds is 8. The van der Waals surface area contributed by atoms with Crippen molar-refractivity contribution in [2.75, 3.05) is 59.5 Å². The van der Waals surface area contributed by atoms with Crippen LogP contribution in [0.5, 0.6) is 0 Å². The molecule has 5 heteroatoms. The molecule has 0 aliphatic carbocycles. The fourth-order valence-electron chi connectivity index (χ4n) is 2.10. The number of carbonyl (C=O) groups is 1. The van der Waals surface area contributed by atoms with E-state index in [2.05, 4.69) is 22.0 Å². The topological polar surface area (TPSA) is 44.8 Å². The molecule has 0 radical (unpaired) electrons. The van der Waals surface area contributed by atoms with E-state index in [9.17, 15) is 4.79 Å². The minimum Gasteiger partial charge on any atom is -0.383 e. The van der Waals surface area contributed by atoms with Gasteiger partial charge in [0.25, 0.3) is 0 Å². The number of methoxy groups -OCH3 is 1. The van der Waals surface area contributed by atoms with Crippen LogP contribution in [-0.4, -0.2) is 75.2 Å². The van der Waals surface area contributed by atoms with Crippen molar-refractivity contribution in [2.45, 2.75) is 19.8 Å². The van der Waals surface area contributed by atoms with Gasteiger partial charge in [0, 0.05) is 39.8 Å². The maximum atomic E-state index is 11.6. The van der Waals surface area contributed by atoms with Crippen molar-refractivity contribution in [3.8, 4) is 0 Å². The Kier molecular flexibility index (Phi) is 7.96. The predicted octanol–water partition coefficient (Wildman–Crippen LogP) is 0.167. The van der Waals surface area contributed by atoms with Gasteiger partial charge in [0.1, 0.15) is 0 Å². The molecule has 0 aromatic rings. The molecule has 18 heavy (non-hydrogen) atoms. The van der Waals surface area contributed by atoms with E-state index in [0.717, 1.165) is 26.2 Å². The molecule has 1 aliphatic rings. The van der Waals surface area contributed by atoms with Gasteiger partial charge in [-0.05, 0) is 13.0 Å². The van der Waals surface area contributed by atoms with Crippen molar-refractivity contribution >= 4 is 5.91 Å². The Labute approximate surface area is 110 Å². The molecule has 106 valence electrons. The Morgan fingerprint density at radius 2 is 1.89 bits per heavy atom. The van der Waals surface area contributed by atoms with E-state index >= 15 is 0 Å². The van der Waals surface area contributed by atoms with Gasteiger partial charge < -0.3 is 15.0 Å². The van der Waals surface area contributed by atoms with Crippen LogP contribution in [0.3, 0.4) is 0 Å². The van der Waals surface area contributed by atoms with Crippen LogP contribution in [0.15, 0.2) is 0 Å². The summed E-state index contributed by atoms with van der Waals surface area (Å²) >= 11 is 0. The van der Waals surface area contributed by atoms with Crippen molar-refractivity contribution in [2.24, 2.45) is 0 Å². The number of hydrogen-bond donors (Lipinski definition) is 1. The molecule has 0 aromatic carbocycles. The van der Waals surface area contributed by atoms with Crippen LogP contribution in [0.25, 0.3) is 0 Å². The molecule has 1 N–H and O–H groups in total. The van der Waals surface area contributed by atoms with Crippen LogP contribution in [0.4, 0.5) is 0 Å². The van der Waals surface area contributed by atoms with E-state index in [1.165, 1.54) is 19.4 Å². The maximum absolute atomic E-state index is 11.6. The third kappa shape index (κ3) is 6.33. The minimum absolute atomic E-state index is 0.106. The summed E-state index contributed by atoms with van der Waals surface area (Å²) in [7, 11) is 1.64. The Hall–Kier alpha value is -0.650. The lowest BCUT2D eigenvalue weighted by Gasteiger charge is -2.34. The van der Waals surface area contributed by atoms with Gasteiger partial charge in [-0.1, -0.05) is 13.3 Å². The zero-order chi connectivity index (χ0) is 13.2. The van der Waals surface area contributed by atoms with E-state index in [0.29, 0.717) is 19.7 Å². The monoisotopic (exact) mass is 257 g/mol. The second kappa shape index (κ2) is 9.30. The summed E-state index contributed by atoms with van der Waals surface area (Å²) in [5.41, 5.74) is 0. The van der Waals surface area contributed by atoms with Gasteiger partial charge in [0.05, 0.1) is 13.2 Å². The lowest BCUT2D eigenvalue weighted by Crippen LogP contribution is -2.49. The number of ether oxygens (including phenoxy) is 1. The molecular weight excluding hydrogens is 230 g/mol. The van der Waals surface area contributed by atoms with E-state index < -0.39 is 0 Å². The third-order valence-corrected chi connectivity index (χ3v) is 3.29. The summed E-state index contributed by atoms with van der Waals surface area (Å²) in [5, 5.41) is 2.86. The summed E-state index contributed by atoms with van der Waals surface area (Å²) in [6.07, 6.45) is 2.53. The highest BCUT2D eigenvalue weighted by atomic mass is 16.5. The van der Waals surface area contributed by atoms with Crippen molar-refractivity contribution in [1.82, 2.24) is 15.1 Å². The first-order chi connectivity index (χ1) is 8.76. The summed E-state index contributed by atoms with van der Waals surface area (Å²) in [4.78, 5) is 16.3. The van der Waals surface area contributed by atoms with Crippen LogP contribution in [0, 0.1) is 0 Å². The quantitative estimate of drug-likeness (QED) is 0.630. The van der Waals surface area contributed by atoms with Gasteiger partial charge >= 0.3 is 0 Å². The molecule has 0 saturated carbocycles. The van der Waals surface area contributed by atoms with Crippen molar-refractivity contribution in [3.63, 3.8) is 0 Å². The van der Waals surface area contributed by atoms with E-state index in [1.54, 1.807) is 7.11 Å². The van der Waals surface area contributed by atoms with Crippen LogP contribution >= 0.6 is 0 Å². The Bertz CT molecular complexity index is 228. The van der Waals surface area contributed by atoms with Gasteiger partial charge in [0.15, 0.2) is 0 Å². The van der Waals surface area contributed by atoms with E-state index in [1.807, 2.05) is 0 Å². The first kappa shape index (κ1) is 15.4. The second-order valence-corrected chi connectivity index (χ2v) is 4.81. The van der Waals surface area contributed by atoms with Crippen molar-refractivity contribution in [1.29, 1.82) is 0 Å². The van der Waals surface area contributed by atoms with Crippen LogP contribution in [-0.2, 0) is 9.53 Å². The average molecular weight is 257 g/mol. The molecule has 0 unspecified atom stereocenters. The number of carbonyl (C=O) groups excluding carboxylic acids is 1. The lowest BCUT2D eigenvalue weighted by atomic mass is 10.2. The highest BCUT2D eigenvalue weighted by molar-refractivity contribution is 5.77. The fourth-order valence-corrected chi connectivity index (χ4v) is 2.10. The van der Waals surface area contributed by atoms with Gasteiger partial charge in [-0.15, -0.1) is 0 Å². The largest absolute Gasteiger partial charge is 0.383 e. The summed E-state index contributed by atoms with van der Waals surface area (Å²) in [6, 6.07) is 0. The van der Waals surface area contributed by atoms with Gasteiger partial charge in [-0.25, -0.2) is 0 Å². The SMILES string of the molecule is CCCCN1CCN(CC(=O)NCCOC)CC1. The molecule has 1 saturated heterocycles. The number of nitrogens with one attached hydrogen (secondary N) is 1. The molecule has 0 bridgehead atoms. The molecule has 0 atom stereocenters. The standard InChI is InChI=1S/C13H27N3O2/c1-3-4-6-15-7-9-16(10-8-15)12-13(17)14-5-11-18-2/h3-12H2,1-2H3,(H,14,17). The molecule has 0 aromatic heterocycles. The Balaban J connectivity index is 2.09. The first-order valence-electron chi connectivity index (χ1n) is 6.96. The predicted molar refractivity (Wildman–Crippen MR) is 72.7 cm³/mol. The highest BCUT2D eigenvalue weighted by Crippen LogP contribution is 2.03. The number of hydrogen-bond acceptors (Lipinski definition) is 4. The number of nitrogens with zero attached hydrogens (tertiary/aromatic N) is 2. The summed E-state index contributed by atoms with van der Waals surface area (Å²) in [6.45, 7) is 9.30. The molecule has 1 aliphatic heterocycles. The smallest absolute Gasteiger partial charge is 0.234 e. The average Bonchev–Trinajstić information content (AvgIpc) is 2.38. The Morgan fingerprint density at radius 1 is 1.22 bits per heavy atom. The molecule has 1 amide bonds. The van der Waals surface area contributed by atoms with Crippen LogP contribution in [0.2, 0.25) is 0 Å². The number of amides is 1. The minimum atomic E-state index is 0.106. The molecule has 1 rings (SSSR count). The summed E-state index contributed by atoms with van der Waals surface area (Å²) < 4.78 is 4.90. The van der Waals surface area contributed by atoms with Gasteiger partial charge in [-0.2, -0.15) is 0 Å². The fraction of sp³-hybridized carbons (Fsp3) is 0.923. The molecule has 1 heterocycles. The maximum Gasteiger partial charge on any atom is 0.234 e. The first-order valence-corrected chi connectivity index (χ1v) is 6.96. The van der Waals surface area contributed by atoms with Gasteiger partial charge in [-0.3, -0.25) is 9.69 Å². The van der Waals surface area contributed by atoms with E-state index in [4.69, 9.17) is 4.74 Å². The van der Waals surface area contributed by atoms with Gasteiger partial charge in [0.2, 0.25) is 5.91 Å². The molecule has 0 spiro atoms.